The average molecular weight is 478 g/mol. The molecule has 184 valence electrons. The lowest BCUT2D eigenvalue weighted by molar-refractivity contribution is -0.142. The van der Waals surface area contributed by atoms with Crippen LogP contribution in [-0.4, -0.2) is 51.8 Å². The molecule has 0 saturated carbocycles. The van der Waals surface area contributed by atoms with Gasteiger partial charge in [0, 0.05) is 6.54 Å². The second-order valence-electron chi connectivity index (χ2n) is 8.93. The number of piperidine rings is 1. The molecule has 0 amide bonds. The van der Waals surface area contributed by atoms with Gasteiger partial charge in [0.2, 0.25) is 0 Å². The summed E-state index contributed by atoms with van der Waals surface area (Å²) in [4.78, 5) is 27.3. The fraction of sp³-hybridized carbons (Fsp3) is 0.385. The number of para-hydroxylation sites is 2. The largest absolute Gasteiger partial charge is 0.490 e. The molecule has 1 aliphatic rings. The van der Waals surface area contributed by atoms with Crippen molar-refractivity contribution in [1.82, 2.24) is 15.0 Å². The van der Waals surface area contributed by atoms with E-state index in [1.54, 1.807) is 44.4 Å². The van der Waals surface area contributed by atoms with Gasteiger partial charge in [-0.15, -0.1) is 0 Å². The number of nitrogens with one attached hydrogen (secondary N) is 1. The summed E-state index contributed by atoms with van der Waals surface area (Å²) < 4.78 is 12.0. The van der Waals surface area contributed by atoms with Gasteiger partial charge in [0.25, 0.3) is 0 Å². The number of carboxylic acid groups (broad SMARTS) is 1. The van der Waals surface area contributed by atoms with E-state index in [0.717, 1.165) is 36.7 Å². The lowest BCUT2D eigenvalue weighted by atomic mass is 9.89. The zero-order valence-corrected chi connectivity index (χ0v) is 20.3. The molecule has 35 heavy (non-hydrogen) atoms. The normalized spacial score (nSPS) is 16.0. The van der Waals surface area contributed by atoms with Crippen LogP contribution in [0.2, 0.25) is 0 Å². The number of benzene rings is 1. The van der Waals surface area contributed by atoms with Crippen molar-refractivity contribution in [3.05, 3.63) is 60.6 Å². The first-order valence-electron chi connectivity index (χ1n) is 11.8. The molecule has 0 radical (unpaired) electrons. The number of aliphatic carboxylic acids is 1. The Hall–Kier alpha value is -3.88. The van der Waals surface area contributed by atoms with E-state index < -0.39 is 11.4 Å². The van der Waals surface area contributed by atoms with Crippen molar-refractivity contribution in [3.63, 3.8) is 0 Å². The van der Waals surface area contributed by atoms with Gasteiger partial charge in [-0.25, -0.2) is 9.97 Å². The second-order valence-corrected chi connectivity index (χ2v) is 8.93. The molecule has 9 heteroatoms. The molecule has 9 nitrogen and oxygen atoms in total. The molecule has 0 unspecified atom stereocenters. The van der Waals surface area contributed by atoms with Crippen molar-refractivity contribution in [3.8, 4) is 11.5 Å². The van der Waals surface area contributed by atoms with E-state index in [1.807, 2.05) is 31.2 Å². The Morgan fingerprint density at radius 2 is 1.91 bits per heavy atom. The monoisotopic (exact) mass is 477 g/mol. The Morgan fingerprint density at radius 3 is 2.69 bits per heavy atom. The smallest absolute Gasteiger partial charge is 0.315 e. The van der Waals surface area contributed by atoms with E-state index >= 15 is 0 Å². The molecule has 1 aliphatic heterocycles. The van der Waals surface area contributed by atoms with Crippen molar-refractivity contribution in [2.45, 2.75) is 45.1 Å². The summed E-state index contributed by atoms with van der Waals surface area (Å²) in [5.41, 5.74) is -0.642. The minimum Gasteiger partial charge on any atom is -0.490 e. The molecular weight excluding hydrogens is 446 g/mol. The molecule has 2 aromatic heterocycles. The van der Waals surface area contributed by atoms with Gasteiger partial charge in [-0.2, -0.15) is 0 Å². The third kappa shape index (κ3) is 5.79. The van der Waals surface area contributed by atoms with E-state index in [-0.39, 0.29) is 6.10 Å². The van der Waals surface area contributed by atoms with E-state index in [1.165, 1.54) is 0 Å². The molecule has 1 saturated heterocycles. The first kappa shape index (κ1) is 24.3. The minimum absolute atomic E-state index is 0.000342. The van der Waals surface area contributed by atoms with E-state index in [4.69, 9.17) is 14.5 Å². The van der Waals surface area contributed by atoms with Gasteiger partial charge < -0.3 is 24.8 Å². The highest BCUT2D eigenvalue weighted by Gasteiger charge is 2.31. The van der Waals surface area contributed by atoms with Crippen LogP contribution in [0.4, 0.5) is 17.5 Å². The third-order valence-corrected chi connectivity index (χ3v) is 5.95. The van der Waals surface area contributed by atoms with E-state index in [0.29, 0.717) is 30.5 Å². The lowest BCUT2D eigenvalue weighted by Crippen LogP contribution is -2.41. The summed E-state index contributed by atoms with van der Waals surface area (Å²) in [5, 5.41) is 12.7. The second kappa shape index (κ2) is 10.6. The van der Waals surface area contributed by atoms with Crippen molar-refractivity contribution < 1.29 is 19.4 Å². The predicted molar refractivity (Wildman–Crippen MR) is 134 cm³/mol. The topological polar surface area (TPSA) is 110 Å². The zero-order valence-electron chi connectivity index (χ0n) is 20.3. The van der Waals surface area contributed by atoms with Gasteiger partial charge in [0.1, 0.15) is 23.2 Å². The molecule has 0 bridgehead atoms. The Kier molecular flexibility index (Phi) is 7.33. The van der Waals surface area contributed by atoms with Crippen LogP contribution in [0, 0.1) is 0 Å². The fourth-order valence-corrected chi connectivity index (χ4v) is 3.91. The number of ether oxygens (including phenoxy) is 2. The number of nitrogens with zero attached hydrogens (tertiary/aromatic N) is 4. The van der Waals surface area contributed by atoms with E-state index in [9.17, 15) is 9.90 Å². The van der Waals surface area contributed by atoms with Crippen LogP contribution < -0.4 is 19.7 Å². The molecule has 2 N–H and O–H groups in total. The van der Waals surface area contributed by atoms with Crippen LogP contribution in [0.1, 0.15) is 39.3 Å². The Morgan fingerprint density at radius 1 is 1.11 bits per heavy atom. The van der Waals surface area contributed by atoms with Crippen molar-refractivity contribution in [2.24, 2.45) is 0 Å². The highest BCUT2D eigenvalue weighted by molar-refractivity contribution is 5.79. The van der Waals surface area contributed by atoms with Gasteiger partial charge in [-0.05, 0) is 57.9 Å². The number of hydrogen-bond acceptors (Lipinski definition) is 8. The SMILES string of the molecule is CCOc1ccccc1O[C@@H]1CCCN(c2cncc(Nc3cccc(C(C)(C)C(=O)O)n3)n2)C1. The minimum atomic E-state index is -1.10. The van der Waals surface area contributed by atoms with Gasteiger partial charge >= 0.3 is 5.97 Å². The quantitative estimate of drug-likeness (QED) is 0.463. The zero-order chi connectivity index (χ0) is 24.8. The summed E-state index contributed by atoms with van der Waals surface area (Å²) in [6.07, 6.45) is 5.27. The van der Waals surface area contributed by atoms with Crippen molar-refractivity contribution >= 4 is 23.4 Å². The van der Waals surface area contributed by atoms with Crippen LogP contribution in [0.15, 0.2) is 54.9 Å². The molecule has 1 fully saturated rings. The number of pyridine rings is 1. The van der Waals surface area contributed by atoms with Crippen LogP contribution >= 0.6 is 0 Å². The van der Waals surface area contributed by atoms with E-state index in [2.05, 4.69) is 20.2 Å². The maximum absolute atomic E-state index is 11.6. The molecule has 1 aromatic carbocycles. The molecule has 1 atom stereocenters. The van der Waals surface area contributed by atoms with Gasteiger partial charge in [-0.3, -0.25) is 9.78 Å². The van der Waals surface area contributed by atoms with Crippen LogP contribution in [0.5, 0.6) is 11.5 Å². The van der Waals surface area contributed by atoms with Crippen LogP contribution in [0.3, 0.4) is 0 Å². The van der Waals surface area contributed by atoms with Gasteiger partial charge in [0.15, 0.2) is 17.3 Å². The first-order valence-corrected chi connectivity index (χ1v) is 11.8. The first-order chi connectivity index (χ1) is 16.9. The third-order valence-electron chi connectivity index (χ3n) is 5.95. The summed E-state index contributed by atoms with van der Waals surface area (Å²) in [6.45, 7) is 7.33. The molecule has 4 rings (SSSR count). The number of anilines is 3. The molecule has 3 heterocycles. The molecule has 0 spiro atoms. The van der Waals surface area contributed by atoms with Gasteiger partial charge in [0.05, 0.1) is 31.2 Å². The summed E-state index contributed by atoms with van der Waals surface area (Å²) in [6, 6.07) is 13.0. The Balaban J connectivity index is 1.46. The number of hydrogen-bond donors (Lipinski definition) is 2. The van der Waals surface area contributed by atoms with Crippen molar-refractivity contribution in [2.75, 3.05) is 29.9 Å². The maximum Gasteiger partial charge on any atom is 0.315 e. The predicted octanol–water partition coefficient (Wildman–Crippen LogP) is 4.42. The van der Waals surface area contributed by atoms with Crippen LogP contribution in [-0.2, 0) is 10.2 Å². The number of carbonyl (C=O) groups is 1. The molecule has 3 aromatic rings. The van der Waals surface area contributed by atoms with Gasteiger partial charge in [-0.1, -0.05) is 18.2 Å². The number of aromatic nitrogens is 3. The number of carboxylic acids is 1. The summed E-state index contributed by atoms with van der Waals surface area (Å²) in [5.74, 6) is 2.34. The lowest BCUT2D eigenvalue weighted by Gasteiger charge is -2.33. The van der Waals surface area contributed by atoms with Crippen molar-refractivity contribution in [1.29, 1.82) is 0 Å². The van der Waals surface area contributed by atoms with Crippen LogP contribution in [0.25, 0.3) is 0 Å². The summed E-state index contributed by atoms with van der Waals surface area (Å²) >= 11 is 0. The Bertz CT molecular complexity index is 1170. The highest BCUT2D eigenvalue weighted by atomic mass is 16.5. The summed E-state index contributed by atoms with van der Waals surface area (Å²) in [7, 11) is 0. The maximum atomic E-state index is 11.6. The molecule has 0 aliphatic carbocycles. The standard InChI is InChI=1S/C26H31N5O4/c1-4-34-19-10-5-6-11-20(19)35-18-9-8-14-31(17-18)24-16-27-15-23(30-24)29-22-13-7-12-21(28-22)26(2,3)25(32)33/h5-7,10-13,15-16,18H,4,8-9,14,17H2,1-3H3,(H,32,33)(H,28,29,30)/t18-/m1/s1. The highest BCUT2D eigenvalue weighted by Crippen LogP contribution is 2.30. The Labute approximate surface area is 205 Å². The molecular formula is C26H31N5O4. The number of rotatable bonds is 9. The fourth-order valence-electron chi connectivity index (χ4n) is 3.91. The average Bonchev–Trinajstić information content (AvgIpc) is 2.86.